The molecule has 0 aliphatic heterocycles. The lowest BCUT2D eigenvalue weighted by molar-refractivity contribution is 0.525. The zero-order valence-corrected chi connectivity index (χ0v) is 12.0. The average molecular weight is 270 g/mol. The minimum atomic E-state index is 0. The smallest absolute Gasteiger partial charge is 0.0576 e. The highest BCUT2D eigenvalue weighted by atomic mass is 35.5. The largest absolute Gasteiger partial charge is 0.303 e. The van der Waals surface area contributed by atoms with Gasteiger partial charge < -0.3 is 5.32 Å². The van der Waals surface area contributed by atoms with E-state index in [1.54, 1.807) is 11.8 Å². The Balaban J connectivity index is 0.00000256. The molecule has 94 valence electrons. The first-order valence-electron chi connectivity index (χ1n) is 5.60. The molecule has 0 heterocycles. The fourth-order valence-electron chi connectivity index (χ4n) is 1.61. The van der Waals surface area contributed by atoms with E-state index in [1.807, 2.05) is 0 Å². The predicted octanol–water partition coefficient (Wildman–Crippen LogP) is 3.37. The highest BCUT2D eigenvalue weighted by Gasteiger charge is 2.05. The van der Waals surface area contributed by atoms with Gasteiger partial charge in [0.25, 0.3) is 0 Å². The van der Waals surface area contributed by atoms with Gasteiger partial charge in [-0.15, -0.1) is 30.6 Å². The molecule has 1 aromatic rings. The summed E-state index contributed by atoms with van der Waals surface area (Å²) in [7, 11) is 0. The molecule has 0 spiro atoms. The number of terminal acetylenes is 1. The molecule has 0 saturated heterocycles. The first-order valence-corrected chi connectivity index (χ1v) is 6.82. The van der Waals surface area contributed by atoms with E-state index >= 15 is 0 Å². The van der Waals surface area contributed by atoms with Crippen LogP contribution in [0.2, 0.25) is 0 Å². The monoisotopic (exact) mass is 269 g/mol. The molecule has 0 aliphatic rings. The van der Waals surface area contributed by atoms with Gasteiger partial charge in [0.15, 0.2) is 0 Å². The van der Waals surface area contributed by atoms with E-state index in [2.05, 4.69) is 48.7 Å². The van der Waals surface area contributed by atoms with Crippen LogP contribution in [-0.4, -0.2) is 18.8 Å². The molecule has 1 atom stereocenters. The Morgan fingerprint density at radius 2 is 2.00 bits per heavy atom. The average Bonchev–Trinajstić information content (AvgIpc) is 2.35. The van der Waals surface area contributed by atoms with Gasteiger partial charge in [-0.05, 0) is 36.8 Å². The number of halogens is 1. The molecular weight excluding hydrogens is 250 g/mol. The Kier molecular flexibility index (Phi) is 9.07. The van der Waals surface area contributed by atoms with Crippen LogP contribution in [0.4, 0.5) is 0 Å². The summed E-state index contributed by atoms with van der Waals surface area (Å²) in [5.41, 5.74) is 1.37. The minimum absolute atomic E-state index is 0. The number of hydrogen-bond acceptors (Lipinski definition) is 2. The minimum Gasteiger partial charge on any atom is -0.303 e. The van der Waals surface area contributed by atoms with E-state index in [-0.39, 0.29) is 12.4 Å². The zero-order valence-electron chi connectivity index (χ0n) is 10.4. The van der Waals surface area contributed by atoms with E-state index in [1.165, 1.54) is 10.5 Å². The van der Waals surface area contributed by atoms with E-state index in [9.17, 15) is 0 Å². The third-order valence-electron chi connectivity index (χ3n) is 2.63. The van der Waals surface area contributed by atoms with Crippen LogP contribution in [0.5, 0.6) is 0 Å². The quantitative estimate of drug-likeness (QED) is 0.628. The lowest BCUT2D eigenvalue weighted by Crippen LogP contribution is -2.30. The molecule has 1 rings (SSSR count). The Hall–Kier alpha value is -0.620. The molecule has 0 aromatic heterocycles. The number of thioether (sulfide) groups is 1. The van der Waals surface area contributed by atoms with Crippen LogP contribution in [0.3, 0.4) is 0 Å². The zero-order chi connectivity index (χ0) is 11.8. The third kappa shape index (κ3) is 6.02. The highest BCUT2D eigenvalue weighted by molar-refractivity contribution is 7.98. The molecule has 1 N–H and O–H groups in total. The van der Waals surface area contributed by atoms with Gasteiger partial charge in [-0.1, -0.05) is 25.0 Å². The van der Waals surface area contributed by atoms with Gasteiger partial charge in [0, 0.05) is 10.9 Å². The van der Waals surface area contributed by atoms with E-state index in [0.717, 1.165) is 12.8 Å². The van der Waals surface area contributed by atoms with Gasteiger partial charge in [0.2, 0.25) is 0 Å². The molecule has 17 heavy (non-hydrogen) atoms. The van der Waals surface area contributed by atoms with Crippen molar-refractivity contribution in [1.29, 1.82) is 0 Å². The summed E-state index contributed by atoms with van der Waals surface area (Å²) in [6.07, 6.45) is 9.49. The van der Waals surface area contributed by atoms with Crippen molar-refractivity contribution < 1.29 is 0 Å². The van der Waals surface area contributed by atoms with Crippen molar-refractivity contribution in [1.82, 2.24) is 5.32 Å². The van der Waals surface area contributed by atoms with Crippen LogP contribution in [0.15, 0.2) is 29.2 Å². The van der Waals surface area contributed by atoms with Gasteiger partial charge in [-0.3, -0.25) is 0 Å². The van der Waals surface area contributed by atoms with Crippen molar-refractivity contribution in [2.45, 2.75) is 30.7 Å². The van der Waals surface area contributed by atoms with Crippen molar-refractivity contribution in [2.75, 3.05) is 12.8 Å². The second kappa shape index (κ2) is 9.41. The summed E-state index contributed by atoms with van der Waals surface area (Å²) < 4.78 is 0. The Labute approximate surface area is 115 Å². The third-order valence-corrected chi connectivity index (χ3v) is 3.37. The maximum Gasteiger partial charge on any atom is 0.0576 e. The lowest BCUT2D eigenvalue weighted by Gasteiger charge is -2.15. The summed E-state index contributed by atoms with van der Waals surface area (Å²) >= 11 is 1.77. The predicted molar refractivity (Wildman–Crippen MR) is 80.1 cm³/mol. The van der Waals surface area contributed by atoms with Crippen molar-refractivity contribution in [3.8, 4) is 12.3 Å². The molecule has 0 radical (unpaired) electrons. The van der Waals surface area contributed by atoms with Crippen molar-refractivity contribution in [3.05, 3.63) is 29.8 Å². The maximum atomic E-state index is 5.25. The highest BCUT2D eigenvalue weighted by Crippen LogP contribution is 2.16. The fourth-order valence-corrected chi connectivity index (χ4v) is 2.02. The van der Waals surface area contributed by atoms with Gasteiger partial charge >= 0.3 is 0 Å². The summed E-state index contributed by atoms with van der Waals surface area (Å²) in [4.78, 5) is 1.31. The molecule has 0 amide bonds. The SMILES string of the molecule is C#CCNC(CC)Cc1ccc(SC)cc1.Cl. The fraction of sp³-hybridized carbons (Fsp3) is 0.429. The van der Waals surface area contributed by atoms with Crippen molar-refractivity contribution in [2.24, 2.45) is 0 Å². The van der Waals surface area contributed by atoms with Crippen LogP contribution in [0.1, 0.15) is 18.9 Å². The molecule has 0 saturated carbocycles. The van der Waals surface area contributed by atoms with E-state index < -0.39 is 0 Å². The van der Waals surface area contributed by atoms with Crippen LogP contribution >= 0.6 is 24.2 Å². The summed E-state index contributed by atoms with van der Waals surface area (Å²) in [5.74, 6) is 2.62. The van der Waals surface area contributed by atoms with Gasteiger partial charge in [-0.25, -0.2) is 0 Å². The number of hydrogen-bond donors (Lipinski definition) is 1. The molecule has 0 bridgehead atoms. The van der Waals surface area contributed by atoms with Gasteiger partial charge in [-0.2, -0.15) is 0 Å². The maximum absolute atomic E-state index is 5.25. The molecular formula is C14H20ClNS. The van der Waals surface area contributed by atoms with Crippen LogP contribution < -0.4 is 5.32 Å². The van der Waals surface area contributed by atoms with Gasteiger partial charge in [0.05, 0.1) is 6.54 Å². The second-order valence-electron chi connectivity index (χ2n) is 3.74. The van der Waals surface area contributed by atoms with E-state index in [4.69, 9.17) is 6.42 Å². The second-order valence-corrected chi connectivity index (χ2v) is 4.62. The van der Waals surface area contributed by atoms with Crippen LogP contribution in [-0.2, 0) is 6.42 Å². The number of benzene rings is 1. The van der Waals surface area contributed by atoms with Crippen LogP contribution in [0, 0.1) is 12.3 Å². The molecule has 3 heteroatoms. The molecule has 0 fully saturated rings. The molecule has 1 aromatic carbocycles. The first-order chi connectivity index (χ1) is 7.80. The van der Waals surface area contributed by atoms with Crippen LogP contribution in [0.25, 0.3) is 0 Å². The summed E-state index contributed by atoms with van der Waals surface area (Å²) in [5, 5.41) is 3.35. The summed E-state index contributed by atoms with van der Waals surface area (Å²) in [6, 6.07) is 9.23. The topological polar surface area (TPSA) is 12.0 Å². The van der Waals surface area contributed by atoms with Gasteiger partial charge in [0.1, 0.15) is 0 Å². The van der Waals surface area contributed by atoms with Crippen molar-refractivity contribution >= 4 is 24.2 Å². The Morgan fingerprint density at radius 3 is 2.47 bits per heavy atom. The normalized spacial score (nSPS) is 11.4. The molecule has 0 aliphatic carbocycles. The van der Waals surface area contributed by atoms with Crippen molar-refractivity contribution in [3.63, 3.8) is 0 Å². The van der Waals surface area contributed by atoms with E-state index in [0.29, 0.717) is 12.6 Å². The Bertz CT molecular complexity index is 342. The molecule has 1 unspecified atom stereocenters. The number of nitrogens with one attached hydrogen (secondary N) is 1. The molecule has 1 nitrogen and oxygen atoms in total. The Morgan fingerprint density at radius 1 is 1.35 bits per heavy atom. The number of rotatable bonds is 6. The summed E-state index contributed by atoms with van der Waals surface area (Å²) in [6.45, 7) is 2.84. The standard InChI is InChI=1S/C14H19NS.ClH/c1-4-10-15-13(5-2)11-12-6-8-14(16-3)9-7-12;/h1,6-9,13,15H,5,10-11H2,2-3H3;1H. The lowest BCUT2D eigenvalue weighted by atomic mass is 10.0. The first kappa shape index (κ1) is 16.4.